The molecule has 0 bridgehead atoms. The fourth-order valence-electron chi connectivity index (χ4n) is 16.0. The van der Waals surface area contributed by atoms with Crippen molar-refractivity contribution in [1.29, 1.82) is 0 Å². The molecule has 2 aliphatic rings. The Balaban J connectivity index is 0.900. The first-order chi connectivity index (χ1) is 42.2. The summed E-state index contributed by atoms with van der Waals surface area (Å²) in [5.74, 6) is -0.193. The van der Waals surface area contributed by atoms with E-state index in [1.165, 1.54) is 158 Å². The second-order valence-electron chi connectivity index (χ2n) is 23.3. The second-order valence-corrected chi connectivity index (χ2v) is 24.4. The normalized spacial score (nSPS) is 13.5. The molecule has 0 saturated heterocycles. The molecule has 0 fully saturated rings. The third kappa shape index (κ3) is 6.32. The van der Waals surface area contributed by atoms with E-state index in [0.717, 1.165) is 11.4 Å². The third-order valence-electron chi connectivity index (χ3n) is 19.3. The molecule has 2 nitrogen and oxygen atoms in total. The lowest BCUT2D eigenvalue weighted by atomic mass is 9.70. The van der Waals surface area contributed by atoms with Gasteiger partial charge in [0.1, 0.15) is 0 Å². The van der Waals surface area contributed by atoms with Gasteiger partial charge >= 0.3 is 0 Å². The highest BCUT2D eigenvalue weighted by Crippen LogP contribution is 2.64. The second kappa shape index (κ2) is 17.7. The van der Waals surface area contributed by atoms with E-state index in [9.17, 15) is 0 Å². The third-order valence-corrected chi connectivity index (χ3v) is 20.4. The summed E-state index contributed by atoms with van der Waals surface area (Å²) in [7, 11) is 0. The molecule has 0 saturated carbocycles. The summed E-state index contributed by atoms with van der Waals surface area (Å²) in [6.45, 7) is 0. The molecular formula is C82H50N2S. The number of fused-ring (bicyclic) bond motifs is 24. The van der Waals surface area contributed by atoms with Gasteiger partial charge in [-0.25, -0.2) is 0 Å². The number of hydrogen-bond donors (Lipinski definition) is 0. The van der Waals surface area contributed by atoms with E-state index in [1.807, 2.05) is 11.3 Å². The molecule has 17 aromatic rings. The summed E-state index contributed by atoms with van der Waals surface area (Å²) < 4.78 is 7.67. The molecule has 0 N–H and O–H groups in total. The molecule has 1 unspecified atom stereocenters. The van der Waals surface area contributed by atoms with Crippen LogP contribution >= 0.6 is 11.3 Å². The monoisotopic (exact) mass is 1090 g/mol. The van der Waals surface area contributed by atoms with Crippen LogP contribution in [0.3, 0.4) is 0 Å². The van der Waals surface area contributed by atoms with E-state index in [-0.39, 0.29) is 5.92 Å². The summed E-state index contributed by atoms with van der Waals surface area (Å²) >= 11 is 1.87. The Morgan fingerprint density at radius 1 is 0.294 bits per heavy atom. The Bertz CT molecular complexity index is 5630. The van der Waals surface area contributed by atoms with E-state index in [2.05, 4.69) is 306 Å². The van der Waals surface area contributed by atoms with Crippen molar-refractivity contribution in [3.63, 3.8) is 0 Å². The summed E-state index contributed by atoms with van der Waals surface area (Å²) in [5, 5.41) is 12.6. The Morgan fingerprint density at radius 3 is 1.55 bits per heavy atom. The van der Waals surface area contributed by atoms with Gasteiger partial charge in [-0.1, -0.05) is 243 Å². The molecule has 3 heteroatoms. The lowest BCUT2D eigenvalue weighted by molar-refractivity contribution is 0.794. The van der Waals surface area contributed by atoms with Gasteiger partial charge in [-0.05, 0) is 143 Å². The van der Waals surface area contributed by atoms with Gasteiger partial charge in [-0.2, -0.15) is 0 Å². The predicted molar refractivity (Wildman–Crippen MR) is 359 cm³/mol. The van der Waals surface area contributed by atoms with Crippen LogP contribution in [-0.4, -0.2) is 9.13 Å². The van der Waals surface area contributed by atoms with Crippen molar-refractivity contribution in [2.24, 2.45) is 0 Å². The minimum atomic E-state index is -0.422. The maximum Gasteiger partial charge on any atom is 0.0725 e. The molecule has 0 amide bonds. The first-order valence-electron chi connectivity index (χ1n) is 29.6. The molecule has 394 valence electrons. The van der Waals surface area contributed by atoms with Gasteiger partial charge in [0, 0.05) is 64.4 Å². The standard InChI is InChI=1S/C82H50N2S/c1-2-21-52(22-3-1)83-71-39-16-11-31-63(71)78-64(33-19-40-72(78)83)76(51-45-43-50(44-46-51)54-32-18-38-70-77(54)62-30-10-15-37-69(62)82(70)67-35-13-8-25-57(67)58-26-9-14-36-68(58)82)65-34-20-41-73-79(65)80-60-28-6-4-23-55(60)56-24-5-7-29-61(56)81(80)84(73)53-47-48-75-66(49-53)59-27-12-17-42-74(59)85-75/h1-49,76H. The smallest absolute Gasteiger partial charge is 0.0725 e. The van der Waals surface area contributed by atoms with Crippen molar-refractivity contribution >= 4 is 96.7 Å². The quantitative estimate of drug-likeness (QED) is 0.116. The van der Waals surface area contributed by atoms with Gasteiger partial charge < -0.3 is 9.13 Å². The lowest BCUT2D eigenvalue weighted by Gasteiger charge is -2.30. The molecule has 0 radical (unpaired) electrons. The molecule has 14 aromatic carbocycles. The molecule has 19 rings (SSSR count). The fraction of sp³-hybridized carbons (Fsp3) is 0.0244. The van der Waals surface area contributed by atoms with Crippen molar-refractivity contribution in [2.75, 3.05) is 0 Å². The van der Waals surface area contributed by atoms with Gasteiger partial charge in [-0.3, -0.25) is 0 Å². The number of aromatic nitrogens is 2. The van der Waals surface area contributed by atoms with E-state index < -0.39 is 5.41 Å². The van der Waals surface area contributed by atoms with Crippen molar-refractivity contribution in [2.45, 2.75) is 11.3 Å². The van der Waals surface area contributed by atoms with E-state index in [1.54, 1.807) is 0 Å². The van der Waals surface area contributed by atoms with Gasteiger partial charge in [0.15, 0.2) is 0 Å². The van der Waals surface area contributed by atoms with Crippen molar-refractivity contribution in [3.05, 3.63) is 336 Å². The van der Waals surface area contributed by atoms with Crippen LogP contribution in [0.5, 0.6) is 0 Å². The minimum absolute atomic E-state index is 0.193. The number of thiophene rings is 1. The van der Waals surface area contributed by atoms with Crippen molar-refractivity contribution in [3.8, 4) is 44.8 Å². The first kappa shape index (κ1) is 47.0. The lowest BCUT2D eigenvalue weighted by Crippen LogP contribution is -2.25. The molecule has 3 aromatic heterocycles. The van der Waals surface area contributed by atoms with E-state index >= 15 is 0 Å². The number of hydrogen-bond acceptors (Lipinski definition) is 1. The molecule has 85 heavy (non-hydrogen) atoms. The summed E-state index contributed by atoms with van der Waals surface area (Å²) in [5.41, 5.74) is 23.6. The van der Waals surface area contributed by atoms with E-state index in [4.69, 9.17) is 0 Å². The minimum Gasteiger partial charge on any atom is -0.309 e. The molecule has 3 heterocycles. The molecular weight excluding hydrogens is 1040 g/mol. The van der Waals surface area contributed by atoms with Crippen LogP contribution in [0.25, 0.3) is 130 Å². The van der Waals surface area contributed by atoms with Crippen LogP contribution in [0, 0.1) is 0 Å². The van der Waals surface area contributed by atoms with Crippen LogP contribution in [0.2, 0.25) is 0 Å². The van der Waals surface area contributed by atoms with Crippen LogP contribution in [0.4, 0.5) is 0 Å². The average molecular weight is 1100 g/mol. The molecule has 2 aliphatic carbocycles. The summed E-state index contributed by atoms with van der Waals surface area (Å²) in [6.07, 6.45) is 0. The maximum atomic E-state index is 2.60. The molecule has 0 aliphatic heterocycles. The number of nitrogens with zero attached hydrogens (tertiary/aromatic N) is 2. The fourth-order valence-corrected chi connectivity index (χ4v) is 17.1. The molecule has 1 atom stereocenters. The van der Waals surface area contributed by atoms with Crippen LogP contribution < -0.4 is 0 Å². The number of benzene rings is 14. The molecule has 1 spiro atoms. The Hall–Kier alpha value is -10.6. The number of para-hydroxylation sites is 2. The summed E-state index contributed by atoms with van der Waals surface area (Å²) in [4.78, 5) is 0. The van der Waals surface area contributed by atoms with Crippen LogP contribution in [-0.2, 0) is 5.41 Å². The van der Waals surface area contributed by atoms with Gasteiger partial charge in [-0.15, -0.1) is 11.3 Å². The Morgan fingerprint density at radius 2 is 0.812 bits per heavy atom. The Labute approximate surface area is 495 Å². The topological polar surface area (TPSA) is 9.86 Å². The van der Waals surface area contributed by atoms with Crippen molar-refractivity contribution < 1.29 is 0 Å². The van der Waals surface area contributed by atoms with Gasteiger partial charge in [0.2, 0.25) is 0 Å². The zero-order valence-corrected chi connectivity index (χ0v) is 47.0. The maximum absolute atomic E-state index is 2.60. The number of rotatable bonds is 6. The average Bonchev–Trinajstić information content (AvgIpc) is 1.60. The highest BCUT2D eigenvalue weighted by Gasteiger charge is 2.52. The van der Waals surface area contributed by atoms with Gasteiger partial charge in [0.05, 0.1) is 27.5 Å². The van der Waals surface area contributed by atoms with Crippen LogP contribution in [0.15, 0.2) is 297 Å². The van der Waals surface area contributed by atoms with Crippen molar-refractivity contribution in [1.82, 2.24) is 9.13 Å². The highest BCUT2D eigenvalue weighted by molar-refractivity contribution is 7.25. The zero-order valence-electron chi connectivity index (χ0n) is 46.2. The first-order valence-corrected chi connectivity index (χ1v) is 30.4. The summed E-state index contributed by atoms with van der Waals surface area (Å²) in [6, 6.07) is 112. The zero-order chi connectivity index (χ0) is 55.5. The largest absolute Gasteiger partial charge is 0.309 e. The highest BCUT2D eigenvalue weighted by atomic mass is 32.1. The predicted octanol–water partition coefficient (Wildman–Crippen LogP) is 21.7. The SMILES string of the molecule is c1ccc(-n2c3ccccc3c3c(C(c4ccc(-c5cccc6c5-c5ccccc5C65c6ccccc6-c6ccccc65)cc4)c4cccc5c4c4c6ccccc6c6ccccc6c4n5-c4ccc5sc6ccccc6c5c4)cccc32)cc1. The van der Waals surface area contributed by atoms with E-state index in [0.29, 0.717) is 0 Å². The van der Waals surface area contributed by atoms with Crippen LogP contribution in [0.1, 0.15) is 44.9 Å². The van der Waals surface area contributed by atoms with Gasteiger partial charge in [0.25, 0.3) is 0 Å². The Kier molecular flexibility index (Phi) is 9.79.